The summed E-state index contributed by atoms with van der Waals surface area (Å²) in [5.74, 6) is -0.0132. The van der Waals surface area contributed by atoms with Gasteiger partial charge in [0.15, 0.2) is 0 Å². The van der Waals surface area contributed by atoms with Crippen molar-refractivity contribution in [2.24, 2.45) is 0 Å². The Balaban J connectivity index is 1.73. The molecule has 0 fully saturated rings. The van der Waals surface area contributed by atoms with Gasteiger partial charge in [-0.2, -0.15) is 5.26 Å². The van der Waals surface area contributed by atoms with Crippen LogP contribution in [0.25, 0.3) is 0 Å². The third-order valence-electron chi connectivity index (χ3n) is 3.05. The van der Waals surface area contributed by atoms with E-state index in [0.29, 0.717) is 25.1 Å². The predicted molar refractivity (Wildman–Crippen MR) is 82.6 cm³/mol. The molecule has 2 N–H and O–H groups in total. The van der Waals surface area contributed by atoms with E-state index in [4.69, 9.17) is 5.26 Å². The van der Waals surface area contributed by atoms with Gasteiger partial charge in [0.2, 0.25) is 5.91 Å². The van der Waals surface area contributed by atoms with Crippen LogP contribution in [0.5, 0.6) is 0 Å². The van der Waals surface area contributed by atoms with Crippen molar-refractivity contribution in [2.75, 3.05) is 11.9 Å². The molecule has 0 aliphatic heterocycles. The number of amides is 1. The highest BCUT2D eigenvalue weighted by atomic mass is 16.1. The van der Waals surface area contributed by atoms with Crippen LogP contribution >= 0.6 is 0 Å². The maximum atomic E-state index is 11.7. The van der Waals surface area contributed by atoms with Gasteiger partial charge in [0.25, 0.3) is 0 Å². The Morgan fingerprint density at radius 3 is 2.52 bits per heavy atom. The number of nitriles is 1. The summed E-state index contributed by atoms with van der Waals surface area (Å²) >= 11 is 0. The zero-order valence-corrected chi connectivity index (χ0v) is 11.7. The van der Waals surface area contributed by atoms with Gasteiger partial charge in [-0.05, 0) is 17.7 Å². The molecule has 0 heterocycles. The van der Waals surface area contributed by atoms with Gasteiger partial charge in [-0.25, -0.2) is 0 Å². The molecule has 2 aromatic rings. The monoisotopic (exact) mass is 279 g/mol. The molecule has 0 radical (unpaired) electrons. The zero-order chi connectivity index (χ0) is 14.9. The van der Waals surface area contributed by atoms with Gasteiger partial charge < -0.3 is 10.6 Å². The minimum Gasteiger partial charge on any atom is -0.383 e. The van der Waals surface area contributed by atoms with Gasteiger partial charge in [0.05, 0.1) is 11.3 Å². The number of nitrogens with one attached hydrogen (secondary N) is 2. The molecule has 106 valence electrons. The lowest BCUT2D eigenvalue weighted by Crippen LogP contribution is -2.24. The van der Waals surface area contributed by atoms with E-state index in [1.807, 2.05) is 48.5 Å². The number of carbonyl (C=O) groups excluding carboxylic acids is 1. The number of benzene rings is 2. The van der Waals surface area contributed by atoms with E-state index >= 15 is 0 Å². The van der Waals surface area contributed by atoms with Crippen molar-refractivity contribution in [2.45, 2.75) is 13.0 Å². The Bertz CT molecular complexity index is 632. The summed E-state index contributed by atoms with van der Waals surface area (Å²) < 4.78 is 0. The van der Waals surface area contributed by atoms with E-state index in [1.165, 1.54) is 0 Å². The molecule has 0 saturated carbocycles. The highest BCUT2D eigenvalue weighted by Crippen LogP contribution is 2.13. The van der Waals surface area contributed by atoms with E-state index in [1.54, 1.807) is 6.07 Å². The van der Waals surface area contributed by atoms with Crippen molar-refractivity contribution in [3.8, 4) is 6.07 Å². The molecule has 0 spiro atoms. The summed E-state index contributed by atoms with van der Waals surface area (Å²) in [6, 6.07) is 19.2. The van der Waals surface area contributed by atoms with E-state index in [0.717, 1.165) is 11.3 Å². The third kappa shape index (κ3) is 4.66. The average Bonchev–Trinajstić information content (AvgIpc) is 2.54. The quantitative estimate of drug-likeness (QED) is 0.854. The van der Waals surface area contributed by atoms with E-state index in [-0.39, 0.29) is 5.91 Å². The molecular weight excluding hydrogens is 262 g/mol. The second kappa shape index (κ2) is 7.71. The third-order valence-corrected chi connectivity index (χ3v) is 3.05. The van der Waals surface area contributed by atoms with Crippen molar-refractivity contribution < 1.29 is 4.79 Å². The van der Waals surface area contributed by atoms with Gasteiger partial charge in [-0.3, -0.25) is 4.79 Å². The Morgan fingerprint density at radius 1 is 1.05 bits per heavy atom. The van der Waals surface area contributed by atoms with Gasteiger partial charge in [0, 0.05) is 19.5 Å². The first-order valence-electron chi connectivity index (χ1n) is 6.83. The van der Waals surface area contributed by atoms with Crippen molar-refractivity contribution >= 4 is 11.6 Å². The highest BCUT2D eigenvalue weighted by molar-refractivity contribution is 5.76. The fraction of sp³-hybridized carbons (Fsp3) is 0.176. The molecule has 21 heavy (non-hydrogen) atoms. The summed E-state index contributed by atoms with van der Waals surface area (Å²) in [4.78, 5) is 11.7. The highest BCUT2D eigenvalue weighted by Gasteiger charge is 2.03. The topological polar surface area (TPSA) is 64.9 Å². The fourth-order valence-electron chi connectivity index (χ4n) is 1.93. The minimum atomic E-state index is -0.0132. The first kappa shape index (κ1) is 14.6. The number of hydrogen-bond donors (Lipinski definition) is 2. The molecule has 0 unspecified atom stereocenters. The van der Waals surface area contributed by atoms with Crippen molar-refractivity contribution in [3.63, 3.8) is 0 Å². The molecule has 1 amide bonds. The van der Waals surface area contributed by atoms with Gasteiger partial charge in [-0.15, -0.1) is 0 Å². The van der Waals surface area contributed by atoms with E-state index in [9.17, 15) is 4.79 Å². The van der Waals surface area contributed by atoms with Crippen molar-refractivity contribution in [1.29, 1.82) is 5.26 Å². The molecule has 4 heteroatoms. The Kier molecular flexibility index (Phi) is 5.36. The van der Waals surface area contributed by atoms with Crippen LogP contribution in [0.2, 0.25) is 0 Å². The van der Waals surface area contributed by atoms with Crippen LogP contribution < -0.4 is 10.6 Å². The number of anilines is 1. The molecule has 0 atom stereocenters. The van der Waals surface area contributed by atoms with Crippen LogP contribution in [0.15, 0.2) is 54.6 Å². The van der Waals surface area contributed by atoms with Gasteiger partial charge >= 0.3 is 0 Å². The molecule has 4 nitrogen and oxygen atoms in total. The maximum absolute atomic E-state index is 11.7. The predicted octanol–water partition coefficient (Wildman–Crippen LogP) is 2.68. The van der Waals surface area contributed by atoms with Gasteiger partial charge in [0.1, 0.15) is 6.07 Å². The number of rotatable bonds is 6. The zero-order valence-electron chi connectivity index (χ0n) is 11.7. The summed E-state index contributed by atoms with van der Waals surface area (Å²) in [7, 11) is 0. The first-order valence-corrected chi connectivity index (χ1v) is 6.83. The van der Waals surface area contributed by atoms with E-state index < -0.39 is 0 Å². The average molecular weight is 279 g/mol. The lowest BCUT2D eigenvalue weighted by molar-refractivity contribution is -0.121. The van der Waals surface area contributed by atoms with Crippen LogP contribution in [0.4, 0.5) is 5.69 Å². The molecule has 0 saturated heterocycles. The smallest absolute Gasteiger partial charge is 0.222 e. The largest absolute Gasteiger partial charge is 0.383 e. The SMILES string of the molecule is N#Cc1ccccc1NCCC(=O)NCc1ccccc1. The lowest BCUT2D eigenvalue weighted by atomic mass is 10.2. The second-order valence-electron chi connectivity index (χ2n) is 4.60. The molecular formula is C17H17N3O. The Hall–Kier alpha value is -2.80. The standard InChI is InChI=1S/C17H17N3O/c18-12-15-8-4-5-9-16(15)19-11-10-17(21)20-13-14-6-2-1-3-7-14/h1-9,19H,10-11,13H2,(H,20,21). The first-order chi connectivity index (χ1) is 10.3. The van der Waals surface area contributed by atoms with Gasteiger partial charge in [-0.1, -0.05) is 42.5 Å². The van der Waals surface area contributed by atoms with Crippen LogP contribution in [-0.4, -0.2) is 12.5 Å². The molecule has 0 aliphatic rings. The normalized spacial score (nSPS) is 9.67. The summed E-state index contributed by atoms with van der Waals surface area (Å²) in [5.41, 5.74) is 2.42. The summed E-state index contributed by atoms with van der Waals surface area (Å²) in [6.07, 6.45) is 0.368. The van der Waals surface area contributed by atoms with E-state index in [2.05, 4.69) is 16.7 Å². The fourth-order valence-corrected chi connectivity index (χ4v) is 1.93. The van der Waals surface area contributed by atoms with Crippen LogP contribution in [0.3, 0.4) is 0 Å². The van der Waals surface area contributed by atoms with Crippen molar-refractivity contribution in [3.05, 3.63) is 65.7 Å². The van der Waals surface area contributed by atoms with Crippen molar-refractivity contribution in [1.82, 2.24) is 5.32 Å². The molecule has 0 aliphatic carbocycles. The Labute approximate surface area is 124 Å². The molecule has 2 rings (SSSR count). The lowest BCUT2D eigenvalue weighted by Gasteiger charge is -2.08. The summed E-state index contributed by atoms with van der Waals surface area (Å²) in [6.45, 7) is 1.04. The van der Waals surface area contributed by atoms with Crippen LogP contribution in [0.1, 0.15) is 17.5 Å². The summed E-state index contributed by atoms with van der Waals surface area (Å²) in [5, 5.41) is 14.9. The number of nitrogens with zero attached hydrogens (tertiary/aromatic N) is 1. The van der Waals surface area contributed by atoms with Crippen LogP contribution in [-0.2, 0) is 11.3 Å². The maximum Gasteiger partial charge on any atom is 0.222 e. The molecule has 0 aromatic heterocycles. The number of hydrogen-bond acceptors (Lipinski definition) is 3. The second-order valence-corrected chi connectivity index (χ2v) is 4.60. The Morgan fingerprint density at radius 2 is 1.76 bits per heavy atom. The number of carbonyl (C=O) groups is 1. The van der Waals surface area contributed by atoms with Crippen LogP contribution in [0, 0.1) is 11.3 Å². The number of para-hydroxylation sites is 1. The molecule has 2 aromatic carbocycles. The minimum absolute atomic E-state index is 0.0132. The molecule has 0 bridgehead atoms.